The summed E-state index contributed by atoms with van der Waals surface area (Å²) in [6.45, 7) is 1.63. The van der Waals surface area contributed by atoms with E-state index in [1.54, 1.807) is 13.0 Å². The molecule has 0 amide bonds. The Morgan fingerprint density at radius 1 is 1.47 bits per heavy atom. The predicted octanol–water partition coefficient (Wildman–Crippen LogP) is 2.29. The second-order valence-electron chi connectivity index (χ2n) is 3.28. The summed E-state index contributed by atoms with van der Waals surface area (Å²) in [6.07, 6.45) is -0.854. The van der Waals surface area contributed by atoms with Gasteiger partial charge in [0.05, 0.1) is 19.1 Å². The van der Waals surface area contributed by atoms with Crippen LogP contribution in [0, 0.1) is 5.92 Å². The quantitative estimate of drug-likeness (QED) is 0.859. The maximum absolute atomic E-state index is 11.2. The number of esters is 1. The van der Waals surface area contributed by atoms with Crippen LogP contribution < -0.4 is 0 Å². The topological polar surface area (TPSA) is 46.5 Å². The molecule has 1 aromatic rings. The Bertz CT molecular complexity index is 351. The summed E-state index contributed by atoms with van der Waals surface area (Å²) in [5.74, 6) is -0.994. The minimum absolute atomic E-state index is 0.418. The number of ether oxygens (including phenoxy) is 1. The van der Waals surface area contributed by atoms with Gasteiger partial charge in [-0.25, -0.2) is 0 Å². The summed E-state index contributed by atoms with van der Waals surface area (Å²) in [7, 11) is 1.31. The van der Waals surface area contributed by atoms with Gasteiger partial charge in [0.1, 0.15) is 0 Å². The van der Waals surface area contributed by atoms with Crippen LogP contribution in [0.3, 0.4) is 0 Å². The van der Waals surface area contributed by atoms with E-state index in [0.29, 0.717) is 5.56 Å². The largest absolute Gasteiger partial charge is 0.469 e. The van der Waals surface area contributed by atoms with E-state index >= 15 is 0 Å². The summed E-state index contributed by atoms with van der Waals surface area (Å²) < 4.78 is 5.37. The third kappa shape index (κ3) is 2.79. The Kier molecular flexibility index (Phi) is 4.29. The Balaban J connectivity index is 2.89. The number of halogens is 1. The summed E-state index contributed by atoms with van der Waals surface area (Å²) >= 11 is 3.32. The molecule has 1 aromatic carbocycles. The number of methoxy groups -OCH3 is 1. The molecule has 2 unspecified atom stereocenters. The molecule has 0 saturated heterocycles. The maximum atomic E-state index is 11.2. The molecule has 0 spiro atoms. The molecule has 0 radical (unpaired) electrons. The van der Waals surface area contributed by atoms with Crippen molar-refractivity contribution < 1.29 is 14.6 Å². The number of carbonyl (C=O) groups is 1. The van der Waals surface area contributed by atoms with Crippen molar-refractivity contribution in [3.63, 3.8) is 0 Å². The van der Waals surface area contributed by atoms with Gasteiger partial charge in [-0.15, -0.1) is 0 Å². The molecule has 0 aliphatic carbocycles. The molecule has 0 aromatic heterocycles. The van der Waals surface area contributed by atoms with E-state index in [1.165, 1.54) is 7.11 Å². The van der Waals surface area contributed by atoms with Gasteiger partial charge in [0.25, 0.3) is 0 Å². The molecule has 0 heterocycles. The summed E-state index contributed by atoms with van der Waals surface area (Å²) in [4.78, 5) is 11.2. The molecule has 82 valence electrons. The molecule has 3 nitrogen and oxygen atoms in total. The first-order valence-electron chi connectivity index (χ1n) is 4.58. The fraction of sp³-hybridized carbons (Fsp3) is 0.364. The first-order valence-corrected chi connectivity index (χ1v) is 5.37. The highest BCUT2D eigenvalue weighted by Gasteiger charge is 2.25. The molecule has 0 fully saturated rings. The van der Waals surface area contributed by atoms with E-state index in [9.17, 15) is 9.90 Å². The van der Waals surface area contributed by atoms with Crippen molar-refractivity contribution in [2.75, 3.05) is 7.11 Å². The average Bonchev–Trinajstić information content (AvgIpc) is 2.26. The predicted molar refractivity (Wildman–Crippen MR) is 60.3 cm³/mol. The molecule has 0 bridgehead atoms. The van der Waals surface area contributed by atoms with Crippen molar-refractivity contribution in [1.82, 2.24) is 0 Å². The van der Waals surface area contributed by atoms with E-state index in [4.69, 9.17) is 0 Å². The molecular weight excluding hydrogens is 260 g/mol. The molecule has 0 aliphatic heterocycles. The van der Waals surface area contributed by atoms with Crippen molar-refractivity contribution in [2.45, 2.75) is 13.0 Å². The molecule has 1 rings (SSSR count). The fourth-order valence-electron chi connectivity index (χ4n) is 1.30. The van der Waals surface area contributed by atoms with Crippen LogP contribution in [-0.4, -0.2) is 18.2 Å². The lowest BCUT2D eigenvalue weighted by molar-refractivity contribution is -0.148. The fourth-order valence-corrected chi connectivity index (χ4v) is 1.82. The molecule has 0 aliphatic rings. The van der Waals surface area contributed by atoms with Crippen LogP contribution in [0.4, 0.5) is 0 Å². The van der Waals surface area contributed by atoms with Crippen LogP contribution >= 0.6 is 15.9 Å². The first-order chi connectivity index (χ1) is 7.07. The van der Waals surface area contributed by atoms with Crippen LogP contribution in [0.2, 0.25) is 0 Å². The van der Waals surface area contributed by atoms with Crippen LogP contribution in [0.1, 0.15) is 18.6 Å². The SMILES string of the molecule is COC(=O)C(C)C(O)c1ccccc1Br. The number of rotatable bonds is 3. The highest BCUT2D eigenvalue weighted by molar-refractivity contribution is 9.10. The van der Waals surface area contributed by atoms with Crippen LogP contribution in [0.5, 0.6) is 0 Å². The van der Waals surface area contributed by atoms with Gasteiger partial charge in [0, 0.05) is 4.47 Å². The summed E-state index contributed by atoms with van der Waals surface area (Å²) in [5.41, 5.74) is 0.690. The van der Waals surface area contributed by atoms with Crippen LogP contribution in [0.25, 0.3) is 0 Å². The molecular formula is C11H13BrO3. The van der Waals surface area contributed by atoms with Crippen LogP contribution in [0.15, 0.2) is 28.7 Å². The van der Waals surface area contributed by atoms with Gasteiger partial charge in [-0.3, -0.25) is 4.79 Å². The standard InChI is InChI=1S/C11H13BrO3/c1-7(11(14)15-2)10(13)8-5-3-4-6-9(8)12/h3-7,10,13H,1-2H3. The first kappa shape index (κ1) is 12.2. The zero-order chi connectivity index (χ0) is 11.4. The van der Waals surface area contributed by atoms with Gasteiger partial charge >= 0.3 is 5.97 Å². The Labute approximate surface area is 97.2 Å². The molecule has 4 heteroatoms. The Morgan fingerprint density at radius 3 is 2.60 bits per heavy atom. The average molecular weight is 273 g/mol. The molecule has 0 saturated carbocycles. The molecule has 15 heavy (non-hydrogen) atoms. The lowest BCUT2D eigenvalue weighted by Crippen LogP contribution is -2.20. The highest BCUT2D eigenvalue weighted by Crippen LogP contribution is 2.28. The smallest absolute Gasteiger partial charge is 0.311 e. The Hall–Kier alpha value is -0.870. The van der Waals surface area contributed by atoms with Gasteiger partial charge in [0.15, 0.2) is 0 Å². The van der Waals surface area contributed by atoms with E-state index < -0.39 is 18.0 Å². The zero-order valence-corrected chi connectivity index (χ0v) is 10.2. The zero-order valence-electron chi connectivity index (χ0n) is 8.61. The van der Waals surface area contributed by atoms with Gasteiger partial charge in [0.2, 0.25) is 0 Å². The highest BCUT2D eigenvalue weighted by atomic mass is 79.9. The second kappa shape index (κ2) is 5.28. The van der Waals surface area contributed by atoms with E-state index in [0.717, 1.165) is 4.47 Å². The lowest BCUT2D eigenvalue weighted by atomic mass is 9.98. The van der Waals surface area contributed by atoms with Gasteiger partial charge in [-0.2, -0.15) is 0 Å². The van der Waals surface area contributed by atoms with Gasteiger partial charge in [-0.05, 0) is 18.6 Å². The van der Waals surface area contributed by atoms with E-state index in [1.807, 2.05) is 18.2 Å². The number of carbonyl (C=O) groups excluding carboxylic acids is 1. The van der Waals surface area contributed by atoms with E-state index in [2.05, 4.69) is 20.7 Å². The number of hydrogen-bond acceptors (Lipinski definition) is 3. The van der Waals surface area contributed by atoms with Crippen molar-refractivity contribution in [3.05, 3.63) is 34.3 Å². The minimum atomic E-state index is -0.854. The minimum Gasteiger partial charge on any atom is -0.469 e. The number of benzene rings is 1. The normalized spacial score (nSPS) is 14.4. The third-order valence-corrected chi connectivity index (χ3v) is 2.99. The second-order valence-corrected chi connectivity index (χ2v) is 4.13. The van der Waals surface area contributed by atoms with Gasteiger partial charge in [-0.1, -0.05) is 34.1 Å². The lowest BCUT2D eigenvalue weighted by Gasteiger charge is -2.18. The Morgan fingerprint density at radius 2 is 2.07 bits per heavy atom. The molecule has 2 atom stereocenters. The van der Waals surface area contributed by atoms with Crippen molar-refractivity contribution in [3.8, 4) is 0 Å². The maximum Gasteiger partial charge on any atom is 0.311 e. The summed E-state index contributed by atoms with van der Waals surface area (Å²) in [5, 5.41) is 9.94. The van der Waals surface area contributed by atoms with Gasteiger partial charge < -0.3 is 9.84 Å². The van der Waals surface area contributed by atoms with Crippen molar-refractivity contribution in [1.29, 1.82) is 0 Å². The van der Waals surface area contributed by atoms with Crippen molar-refractivity contribution >= 4 is 21.9 Å². The van der Waals surface area contributed by atoms with Crippen molar-refractivity contribution in [2.24, 2.45) is 5.92 Å². The number of aliphatic hydroxyl groups excluding tert-OH is 1. The van der Waals surface area contributed by atoms with Crippen LogP contribution in [-0.2, 0) is 9.53 Å². The van der Waals surface area contributed by atoms with E-state index in [-0.39, 0.29) is 0 Å². The number of aliphatic hydroxyl groups is 1. The monoisotopic (exact) mass is 272 g/mol. The summed E-state index contributed by atoms with van der Waals surface area (Å²) in [6, 6.07) is 7.26. The third-order valence-electron chi connectivity index (χ3n) is 2.27. The molecule has 1 N–H and O–H groups in total. The number of hydrogen-bond donors (Lipinski definition) is 1.